The van der Waals surface area contributed by atoms with Crippen molar-refractivity contribution in [2.75, 3.05) is 17.7 Å². The van der Waals surface area contributed by atoms with Gasteiger partial charge >= 0.3 is 0 Å². The Kier molecular flexibility index (Phi) is 4.37. The summed E-state index contributed by atoms with van der Waals surface area (Å²) in [6.45, 7) is 8.28. The second-order valence-electron chi connectivity index (χ2n) is 6.02. The average Bonchev–Trinajstić information content (AvgIpc) is 2.42. The van der Waals surface area contributed by atoms with Crippen LogP contribution in [0.15, 0.2) is 24.3 Å². The van der Waals surface area contributed by atoms with Gasteiger partial charge in [-0.15, -0.1) is 0 Å². The van der Waals surface area contributed by atoms with Gasteiger partial charge in [0.1, 0.15) is 17.5 Å². The first-order valence-electron chi connectivity index (χ1n) is 6.90. The van der Waals surface area contributed by atoms with Crippen molar-refractivity contribution in [2.45, 2.75) is 33.1 Å². The number of halogens is 1. The number of benzene rings is 1. The largest absolute Gasteiger partial charge is 0.373 e. The van der Waals surface area contributed by atoms with Gasteiger partial charge in [-0.2, -0.15) is 0 Å². The minimum absolute atomic E-state index is 0.126. The van der Waals surface area contributed by atoms with Crippen LogP contribution in [0.25, 0.3) is 0 Å². The normalized spacial score (nSPS) is 11.3. The molecular weight excluding hydrogens is 284 g/mol. The molecule has 0 unspecified atom stereocenters. The summed E-state index contributed by atoms with van der Waals surface area (Å²) in [4.78, 5) is 9.12. The van der Waals surface area contributed by atoms with Gasteiger partial charge in [0.2, 0.25) is 0 Å². The maximum Gasteiger partial charge on any atom is 0.138 e. The second-order valence-corrected chi connectivity index (χ2v) is 6.43. The van der Waals surface area contributed by atoms with Gasteiger partial charge in [-0.05, 0) is 18.6 Å². The van der Waals surface area contributed by atoms with E-state index >= 15 is 0 Å². The number of rotatable bonds is 3. The van der Waals surface area contributed by atoms with Crippen molar-refractivity contribution in [3.8, 4) is 0 Å². The SMILES string of the molecule is CNc1cc(Nc2c(C)cccc2Cl)nc(C(C)(C)C)n1. The van der Waals surface area contributed by atoms with Gasteiger partial charge in [-0.25, -0.2) is 9.97 Å². The molecule has 4 nitrogen and oxygen atoms in total. The van der Waals surface area contributed by atoms with Gasteiger partial charge in [-0.1, -0.05) is 44.5 Å². The maximum absolute atomic E-state index is 6.26. The lowest BCUT2D eigenvalue weighted by Crippen LogP contribution is -2.17. The fourth-order valence-electron chi connectivity index (χ4n) is 1.89. The lowest BCUT2D eigenvalue weighted by atomic mass is 9.96. The molecule has 0 saturated heterocycles. The highest BCUT2D eigenvalue weighted by atomic mass is 35.5. The third kappa shape index (κ3) is 3.64. The predicted octanol–water partition coefficient (Wildman–Crippen LogP) is 4.52. The molecule has 0 saturated carbocycles. The number of hydrogen-bond donors (Lipinski definition) is 2. The molecule has 21 heavy (non-hydrogen) atoms. The van der Waals surface area contributed by atoms with Crippen molar-refractivity contribution < 1.29 is 0 Å². The van der Waals surface area contributed by atoms with Crippen molar-refractivity contribution >= 4 is 28.9 Å². The molecule has 1 aromatic carbocycles. The Balaban J connectivity index is 2.45. The number of anilines is 3. The number of para-hydroxylation sites is 1. The zero-order chi connectivity index (χ0) is 15.6. The van der Waals surface area contributed by atoms with E-state index in [1.165, 1.54) is 0 Å². The van der Waals surface area contributed by atoms with E-state index in [0.717, 1.165) is 28.7 Å². The molecular formula is C16H21ClN4. The predicted molar refractivity (Wildman–Crippen MR) is 89.8 cm³/mol. The van der Waals surface area contributed by atoms with E-state index in [9.17, 15) is 0 Å². The van der Waals surface area contributed by atoms with Gasteiger partial charge in [0.15, 0.2) is 0 Å². The smallest absolute Gasteiger partial charge is 0.138 e. The first-order chi connectivity index (χ1) is 9.81. The highest BCUT2D eigenvalue weighted by molar-refractivity contribution is 6.33. The molecule has 2 aromatic rings. The zero-order valence-electron chi connectivity index (χ0n) is 13.1. The lowest BCUT2D eigenvalue weighted by molar-refractivity contribution is 0.547. The molecule has 0 bridgehead atoms. The Morgan fingerprint density at radius 1 is 1.10 bits per heavy atom. The number of aromatic nitrogens is 2. The number of aryl methyl sites for hydroxylation is 1. The molecule has 0 radical (unpaired) electrons. The number of nitrogens with one attached hydrogen (secondary N) is 2. The molecule has 1 aromatic heterocycles. The molecule has 0 amide bonds. The van der Waals surface area contributed by atoms with Crippen LogP contribution in [0.5, 0.6) is 0 Å². The van der Waals surface area contributed by atoms with E-state index in [1.54, 1.807) is 0 Å². The first kappa shape index (κ1) is 15.6. The molecule has 2 rings (SSSR count). The Morgan fingerprint density at radius 3 is 2.33 bits per heavy atom. The zero-order valence-corrected chi connectivity index (χ0v) is 13.8. The lowest BCUT2D eigenvalue weighted by Gasteiger charge is -2.19. The fourth-order valence-corrected chi connectivity index (χ4v) is 2.16. The molecule has 112 valence electrons. The van der Waals surface area contributed by atoms with Crippen molar-refractivity contribution in [1.82, 2.24) is 9.97 Å². The first-order valence-corrected chi connectivity index (χ1v) is 7.28. The highest BCUT2D eigenvalue weighted by Crippen LogP contribution is 2.29. The van der Waals surface area contributed by atoms with Crippen molar-refractivity contribution in [2.24, 2.45) is 0 Å². The molecule has 0 aliphatic heterocycles. The third-order valence-corrected chi connectivity index (χ3v) is 3.44. The van der Waals surface area contributed by atoms with E-state index < -0.39 is 0 Å². The molecule has 2 N–H and O–H groups in total. The van der Waals surface area contributed by atoms with Crippen LogP contribution < -0.4 is 10.6 Å². The molecule has 0 spiro atoms. The van der Waals surface area contributed by atoms with Crippen LogP contribution in [0.4, 0.5) is 17.3 Å². The Labute approximate surface area is 131 Å². The summed E-state index contributed by atoms with van der Waals surface area (Å²) >= 11 is 6.26. The molecule has 0 aliphatic carbocycles. The molecule has 0 fully saturated rings. The molecule has 1 heterocycles. The third-order valence-electron chi connectivity index (χ3n) is 3.13. The van der Waals surface area contributed by atoms with Gasteiger partial charge < -0.3 is 10.6 Å². The maximum atomic E-state index is 6.26. The summed E-state index contributed by atoms with van der Waals surface area (Å²) in [5.41, 5.74) is 1.82. The quantitative estimate of drug-likeness (QED) is 0.875. The number of nitrogens with zero attached hydrogens (tertiary/aromatic N) is 2. The summed E-state index contributed by atoms with van der Waals surface area (Å²) in [5, 5.41) is 7.05. The molecule has 0 aliphatic rings. The molecule has 0 atom stereocenters. The second kappa shape index (κ2) is 5.90. The van der Waals surface area contributed by atoms with Gasteiger partial charge in [0.05, 0.1) is 10.7 Å². The van der Waals surface area contributed by atoms with E-state index in [-0.39, 0.29) is 5.41 Å². The molecule has 5 heteroatoms. The monoisotopic (exact) mass is 304 g/mol. The topological polar surface area (TPSA) is 49.8 Å². The van der Waals surface area contributed by atoms with E-state index in [4.69, 9.17) is 11.6 Å². The minimum atomic E-state index is -0.126. The summed E-state index contributed by atoms with van der Waals surface area (Å²) < 4.78 is 0. The summed E-state index contributed by atoms with van der Waals surface area (Å²) in [6, 6.07) is 7.68. The summed E-state index contributed by atoms with van der Waals surface area (Å²) in [6.07, 6.45) is 0. The van der Waals surface area contributed by atoms with E-state index in [0.29, 0.717) is 5.02 Å². The van der Waals surface area contributed by atoms with E-state index in [2.05, 4.69) is 41.4 Å². The van der Waals surface area contributed by atoms with Crippen LogP contribution in [0, 0.1) is 6.92 Å². The van der Waals surface area contributed by atoms with Gasteiger partial charge in [0, 0.05) is 18.5 Å². The van der Waals surface area contributed by atoms with Crippen LogP contribution in [0.1, 0.15) is 32.2 Å². The van der Waals surface area contributed by atoms with Crippen LogP contribution in [0.2, 0.25) is 5.02 Å². The van der Waals surface area contributed by atoms with Crippen LogP contribution in [0.3, 0.4) is 0 Å². The van der Waals surface area contributed by atoms with Gasteiger partial charge in [-0.3, -0.25) is 0 Å². The highest BCUT2D eigenvalue weighted by Gasteiger charge is 2.19. The Bertz CT molecular complexity index is 627. The van der Waals surface area contributed by atoms with Crippen LogP contribution in [-0.2, 0) is 5.41 Å². The minimum Gasteiger partial charge on any atom is -0.373 e. The Morgan fingerprint density at radius 2 is 1.76 bits per heavy atom. The average molecular weight is 305 g/mol. The fraction of sp³-hybridized carbons (Fsp3) is 0.375. The number of hydrogen-bond acceptors (Lipinski definition) is 4. The Hall–Kier alpha value is -1.81. The van der Waals surface area contributed by atoms with Crippen molar-refractivity contribution in [1.29, 1.82) is 0 Å². The standard InChI is InChI=1S/C16H21ClN4/c1-10-7-6-8-11(17)14(10)19-13-9-12(18-5)20-15(21-13)16(2,3)4/h6-9H,1-5H3,(H2,18,19,20,21). The van der Waals surface area contributed by atoms with Crippen LogP contribution in [-0.4, -0.2) is 17.0 Å². The summed E-state index contributed by atoms with van der Waals surface area (Å²) in [5.74, 6) is 2.29. The van der Waals surface area contributed by atoms with Crippen molar-refractivity contribution in [3.05, 3.63) is 40.7 Å². The van der Waals surface area contributed by atoms with E-state index in [1.807, 2.05) is 38.2 Å². The van der Waals surface area contributed by atoms with Gasteiger partial charge in [0.25, 0.3) is 0 Å². The van der Waals surface area contributed by atoms with Crippen LogP contribution >= 0.6 is 11.6 Å². The summed E-state index contributed by atoms with van der Waals surface area (Å²) in [7, 11) is 1.85. The van der Waals surface area contributed by atoms with Crippen molar-refractivity contribution in [3.63, 3.8) is 0 Å².